The van der Waals surface area contributed by atoms with Gasteiger partial charge in [-0.1, -0.05) is 30.3 Å². The number of fused-ring (bicyclic) bond motifs is 1. The maximum absolute atomic E-state index is 12.0. The van der Waals surface area contributed by atoms with Crippen LogP contribution in [0.5, 0.6) is 0 Å². The molecule has 0 unspecified atom stereocenters. The monoisotopic (exact) mass is 325 g/mol. The van der Waals surface area contributed by atoms with Crippen LogP contribution in [0.4, 0.5) is 0 Å². The van der Waals surface area contributed by atoms with Crippen molar-refractivity contribution in [1.29, 1.82) is 0 Å². The molecule has 7 nitrogen and oxygen atoms in total. The largest absolute Gasteiger partial charge is 0.454 e. The number of ether oxygens (including phenoxy) is 1. The Hall–Kier alpha value is -3.22. The normalized spacial score (nSPS) is 10.7. The topological polar surface area (TPSA) is 93.5 Å². The Labute approximate surface area is 136 Å². The van der Waals surface area contributed by atoms with Gasteiger partial charge in [0, 0.05) is 12.6 Å². The number of aromatic nitrogens is 3. The molecule has 1 N–H and O–H groups in total. The highest BCUT2D eigenvalue weighted by atomic mass is 16.5. The van der Waals surface area contributed by atoms with E-state index in [-0.39, 0.29) is 18.0 Å². The molecule has 0 bridgehead atoms. The molecular weight excluding hydrogens is 310 g/mol. The molecule has 0 amide bonds. The van der Waals surface area contributed by atoms with Crippen molar-refractivity contribution in [1.82, 2.24) is 14.6 Å². The Balaban J connectivity index is 1.55. The summed E-state index contributed by atoms with van der Waals surface area (Å²) in [7, 11) is 0. The van der Waals surface area contributed by atoms with E-state index in [2.05, 4.69) is 10.2 Å². The number of hydrogen-bond acceptors (Lipinski definition) is 5. The number of H-pyrrole nitrogens is 1. The molecule has 0 fully saturated rings. The molecular formula is C17H15N3O4. The van der Waals surface area contributed by atoms with Crippen LogP contribution in [-0.4, -0.2) is 33.0 Å². The van der Waals surface area contributed by atoms with Crippen LogP contribution in [0.25, 0.3) is 5.65 Å². The van der Waals surface area contributed by atoms with E-state index in [1.165, 1.54) is 22.7 Å². The first-order valence-corrected chi connectivity index (χ1v) is 7.43. The van der Waals surface area contributed by atoms with Gasteiger partial charge in [0.1, 0.15) is 6.61 Å². The third-order valence-corrected chi connectivity index (χ3v) is 3.55. The van der Waals surface area contributed by atoms with E-state index in [1.807, 2.05) is 30.3 Å². The fraction of sp³-hybridized carbons (Fsp3) is 0.176. The number of carbonyl (C=O) groups excluding carboxylic acids is 2. The van der Waals surface area contributed by atoms with Crippen molar-refractivity contribution in [2.45, 2.75) is 12.8 Å². The maximum Gasteiger partial charge on any atom is 0.347 e. The van der Waals surface area contributed by atoms with Crippen LogP contribution in [0.1, 0.15) is 22.3 Å². The summed E-state index contributed by atoms with van der Waals surface area (Å²) in [6.07, 6.45) is 2.24. The van der Waals surface area contributed by atoms with Gasteiger partial charge in [-0.2, -0.15) is 5.10 Å². The Kier molecular flexibility index (Phi) is 4.51. The molecule has 0 aliphatic heterocycles. The SMILES string of the molecule is O=C(CCc1ccccc1)COC(=O)c1ccc2n[nH]c(=O)n2c1. The quantitative estimate of drug-likeness (QED) is 0.691. The van der Waals surface area contributed by atoms with Gasteiger partial charge in [-0.3, -0.25) is 4.79 Å². The molecule has 3 aromatic rings. The third kappa shape index (κ3) is 3.57. The minimum atomic E-state index is -0.655. The number of Topliss-reactive ketones (excluding diaryl/α,β-unsaturated/α-hetero) is 1. The van der Waals surface area contributed by atoms with Crippen molar-refractivity contribution in [3.63, 3.8) is 0 Å². The number of nitrogens with one attached hydrogen (secondary N) is 1. The first-order chi connectivity index (χ1) is 11.6. The first-order valence-electron chi connectivity index (χ1n) is 7.43. The number of ketones is 1. The van der Waals surface area contributed by atoms with Gasteiger partial charge in [0.25, 0.3) is 0 Å². The van der Waals surface area contributed by atoms with Gasteiger partial charge in [0.15, 0.2) is 11.4 Å². The summed E-state index contributed by atoms with van der Waals surface area (Å²) in [6.45, 7) is -0.288. The highest BCUT2D eigenvalue weighted by molar-refractivity contribution is 5.91. The fourth-order valence-corrected chi connectivity index (χ4v) is 2.26. The van der Waals surface area contributed by atoms with E-state index in [0.717, 1.165) is 5.56 Å². The molecule has 24 heavy (non-hydrogen) atoms. The number of pyridine rings is 1. The van der Waals surface area contributed by atoms with Gasteiger partial charge in [0.2, 0.25) is 0 Å². The van der Waals surface area contributed by atoms with Crippen LogP contribution in [0.3, 0.4) is 0 Å². The third-order valence-electron chi connectivity index (χ3n) is 3.55. The molecule has 0 aliphatic carbocycles. The molecule has 3 rings (SSSR count). The lowest BCUT2D eigenvalue weighted by atomic mass is 10.1. The zero-order valence-electron chi connectivity index (χ0n) is 12.8. The molecule has 0 atom stereocenters. The summed E-state index contributed by atoms with van der Waals surface area (Å²) in [5, 5.41) is 6.04. The second-order valence-corrected chi connectivity index (χ2v) is 5.28. The molecule has 2 heterocycles. The number of hydrogen-bond donors (Lipinski definition) is 1. The molecule has 0 aliphatic rings. The summed E-state index contributed by atoms with van der Waals surface area (Å²) in [4.78, 5) is 35.3. The number of benzene rings is 1. The van der Waals surface area contributed by atoms with E-state index in [9.17, 15) is 14.4 Å². The average molecular weight is 325 g/mol. The van der Waals surface area contributed by atoms with Crippen LogP contribution in [-0.2, 0) is 16.0 Å². The van der Waals surface area contributed by atoms with Crippen molar-refractivity contribution in [3.05, 3.63) is 70.3 Å². The summed E-state index contributed by atoms with van der Waals surface area (Å²) in [5.41, 5.74) is 1.19. The van der Waals surface area contributed by atoms with Crippen LogP contribution >= 0.6 is 0 Å². The highest BCUT2D eigenvalue weighted by Crippen LogP contribution is 2.06. The van der Waals surface area contributed by atoms with Crippen LogP contribution in [0.15, 0.2) is 53.5 Å². The lowest BCUT2D eigenvalue weighted by Gasteiger charge is -2.05. The lowest BCUT2D eigenvalue weighted by molar-refractivity contribution is -0.122. The van der Waals surface area contributed by atoms with Crippen molar-refractivity contribution in [2.75, 3.05) is 6.61 Å². The predicted octanol–water partition coefficient (Wildman–Crippen LogP) is 1.38. The Morgan fingerprint density at radius 3 is 2.71 bits per heavy atom. The van der Waals surface area contributed by atoms with Crippen molar-refractivity contribution in [2.24, 2.45) is 0 Å². The Bertz CT molecular complexity index is 928. The zero-order valence-corrected chi connectivity index (χ0v) is 12.8. The molecule has 7 heteroatoms. The molecule has 0 radical (unpaired) electrons. The highest BCUT2D eigenvalue weighted by Gasteiger charge is 2.12. The standard InChI is InChI=1S/C17H15N3O4/c21-14(8-6-12-4-2-1-3-5-12)11-24-16(22)13-7-9-15-18-19-17(23)20(15)10-13/h1-5,7,9-10H,6,8,11H2,(H,19,23). The van der Waals surface area contributed by atoms with Gasteiger partial charge in [-0.25, -0.2) is 19.1 Å². The summed E-state index contributed by atoms with van der Waals surface area (Å²) in [5.74, 6) is -0.813. The van der Waals surface area contributed by atoms with Gasteiger partial charge in [-0.15, -0.1) is 0 Å². The number of rotatable bonds is 6. The predicted molar refractivity (Wildman–Crippen MR) is 85.9 cm³/mol. The second kappa shape index (κ2) is 6.91. The Morgan fingerprint density at radius 2 is 1.92 bits per heavy atom. The van der Waals surface area contributed by atoms with Crippen LogP contribution < -0.4 is 5.69 Å². The minimum absolute atomic E-state index is 0.159. The number of nitrogens with zero attached hydrogens (tertiary/aromatic N) is 2. The van der Waals surface area contributed by atoms with Gasteiger partial charge < -0.3 is 4.74 Å². The van der Waals surface area contributed by atoms with Gasteiger partial charge >= 0.3 is 11.7 Å². The second-order valence-electron chi connectivity index (χ2n) is 5.28. The van der Waals surface area contributed by atoms with E-state index >= 15 is 0 Å². The van der Waals surface area contributed by atoms with E-state index < -0.39 is 11.7 Å². The number of esters is 1. The smallest absolute Gasteiger partial charge is 0.347 e. The van der Waals surface area contributed by atoms with E-state index in [0.29, 0.717) is 18.5 Å². The van der Waals surface area contributed by atoms with E-state index in [4.69, 9.17) is 4.74 Å². The number of carbonyl (C=O) groups is 2. The summed E-state index contributed by atoms with van der Waals surface area (Å²) < 4.78 is 6.21. The maximum atomic E-state index is 12.0. The molecule has 122 valence electrons. The van der Waals surface area contributed by atoms with Crippen LogP contribution in [0.2, 0.25) is 0 Å². The first kappa shape index (κ1) is 15.7. The van der Waals surface area contributed by atoms with Crippen molar-refractivity contribution in [3.8, 4) is 0 Å². The fourth-order valence-electron chi connectivity index (χ4n) is 2.26. The van der Waals surface area contributed by atoms with Crippen molar-refractivity contribution < 1.29 is 14.3 Å². The van der Waals surface area contributed by atoms with Gasteiger partial charge in [-0.05, 0) is 24.1 Å². The summed E-state index contributed by atoms with van der Waals surface area (Å²) in [6, 6.07) is 12.6. The average Bonchev–Trinajstić information content (AvgIpc) is 2.99. The lowest BCUT2D eigenvalue weighted by Crippen LogP contribution is -2.16. The molecule has 1 aromatic carbocycles. The van der Waals surface area contributed by atoms with Crippen molar-refractivity contribution >= 4 is 17.4 Å². The molecule has 2 aromatic heterocycles. The molecule has 0 saturated carbocycles. The number of aryl methyl sites for hydroxylation is 1. The minimum Gasteiger partial charge on any atom is -0.454 e. The molecule has 0 spiro atoms. The summed E-state index contributed by atoms with van der Waals surface area (Å²) >= 11 is 0. The van der Waals surface area contributed by atoms with Crippen LogP contribution in [0, 0.1) is 0 Å². The molecule has 0 saturated heterocycles. The zero-order chi connectivity index (χ0) is 16.9. The van der Waals surface area contributed by atoms with E-state index in [1.54, 1.807) is 0 Å². The number of aromatic amines is 1. The van der Waals surface area contributed by atoms with Gasteiger partial charge in [0.05, 0.1) is 5.56 Å². The Morgan fingerprint density at radius 1 is 1.12 bits per heavy atom.